The maximum atomic E-state index is 13.0. The molecule has 48 heavy (non-hydrogen) atoms. The van der Waals surface area contributed by atoms with Crippen molar-refractivity contribution in [2.45, 2.75) is 44.6 Å². The third-order valence-electron chi connectivity index (χ3n) is 8.94. The van der Waals surface area contributed by atoms with Crippen LogP contribution in [0.2, 0.25) is 0 Å². The number of hydrogen-bond acceptors (Lipinski definition) is 11. The SMILES string of the molecule is CNS(=O)(=O)N1CCN(CCn2c(C#N)cc3cc(CN4CCC(Nc5nc(N)nc6sc(CC(F)(F)F)cc56)CC4)c(O)cc32)CC1. The first kappa shape index (κ1) is 34.1. The van der Waals surface area contributed by atoms with Crippen molar-refractivity contribution in [1.29, 1.82) is 5.26 Å². The number of alkyl halides is 3. The molecule has 0 spiro atoms. The monoisotopic (exact) mass is 706 g/mol. The summed E-state index contributed by atoms with van der Waals surface area (Å²) >= 11 is 0.966. The van der Waals surface area contributed by atoms with Crippen molar-refractivity contribution in [2.75, 3.05) is 63.9 Å². The Morgan fingerprint density at radius 2 is 1.79 bits per heavy atom. The molecule has 13 nitrogen and oxygen atoms in total. The van der Waals surface area contributed by atoms with E-state index in [2.05, 4.69) is 35.9 Å². The minimum absolute atomic E-state index is 0.00254. The van der Waals surface area contributed by atoms with Crippen LogP contribution >= 0.6 is 11.3 Å². The number of nitrogens with two attached hydrogens (primary N) is 1. The molecule has 0 radical (unpaired) electrons. The topological polar surface area (TPSA) is 169 Å². The van der Waals surface area contributed by atoms with E-state index in [4.69, 9.17) is 5.73 Å². The van der Waals surface area contributed by atoms with E-state index >= 15 is 0 Å². The van der Waals surface area contributed by atoms with Gasteiger partial charge in [-0.05, 0) is 31.0 Å². The van der Waals surface area contributed by atoms with E-state index in [1.54, 1.807) is 6.07 Å². The Bertz CT molecular complexity index is 1940. The predicted molar refractivity (Wildman–Crippen MR) is 178 cm³/mol. The number of nitrogens with one attached hydrogen (secondary N) is 2. The van der Waals surface area contributed by atoms with Gasteiger partial charge < -0.3 is 20.7 Å². The average molecular weight is 707 g/mol. The minimum Gasteiger partial charge on any atom is -0.508 e. The summed E-state index contributed by atoms with van der Waals surface area (Å²) in [7, 11) is -2.06. The lowest BCUT2D eigenvalue weighted by atomic mass is 10.0. The van der Waals surface area contributed by atoms with Crippen molar-refractivity contribution in [3.05, 3.63) is 40.4 Å². The lowest BCUT2D eigenvalue weighted by Crippen LogP contribution is -2.51. The number of aromatic nitrogens is 3. The number of piperazine rings is 1. The molecule has 0 saturated carbocycles. The molecule has 2 fully saturated rings. The molecule has 0 amide bonds. The second-order valence-electron chi connectivity index (χ2n) is 12.1. The Balaban J connectivity index is 1.07. The number of nitriles is 1. The lowest BCUT2D eigenvalue weighted by Gasteiger charge is -2.33. The highest BCUT2D eigenvalue weighted by molar-refractivity contribution is 7.87. The number of nitrogen functional groups attached to an aromatic ring is 1. The van der Waals surface area contributed by atoms with Gasteiger partial charge >= 0.3 is 6.18 Å². The van der Waals surface area contributed by atoms with Gasteiger partial charge in [-0.3, -0.25) is 9.80 Å². The van der Waals surface area contributed by atoms with E-state index in [0.29, 0.717) is 67.5 Å². The van der Waals surface area contributed by atoms with E-state index in [1.807, 2.05) is 16.7 Å². The number of thiophene rings is 1. The number of hydrogen-bond donors (Lipinski definition) is 4. The first-order valence-electron chi connectivity index (χ1n) is 15.6. The Morgan fingerprint density at radius 1 is 1.06 bits per heavy atom. The molecular weight excluding hydrogens is 670 g/mol. The van der Waals surface area contributed by atoms with Crippen molar-refractivity contribution in [1.82, 2.24) is 33.4 Å². The number of benzene rings is 1. The maximum Gasteiger partial charge on any atom is 0.393 e. The van der Waals surface area contributed by atoms with Crippen molar-refractivity contribution >= 4 is 54.4 Å². The van der Waals surface area contributed by atoms with Crippen molar-refractivity contribution in [2.24, 2.45) is 0 Å². The molecule has 2 saturated heterocycles. The number of phenolic OH excluding ortho intramolecular Hbond substituents is 1. The van der Waals surface area contributed by atoms with Crippen LogP contribution < -0.4 is 15.8 Å². The van der Waals surface area contributed by atoms with E-state index < -0.39 is 22.8 Å². The van der Waals surface area contributed by atoms with Crippen LogP contribution in [-0.2, 0) is 29.7 Å². The summed E-state index contributed by atoms with van der Waals surface area (Å²) in [6.07, 6.45) is -3.85. The maximum absolute atomic E-state index is 13.0. The van der Waals surface area contributed by atoms with Gasteiger partial charge in [-0.2, -0.15) is 36.1 Å². The molecule has 2 aliphatic heterocycles. The van der Waals surface area contributed by atoms with Crippen LogP contribution in [0.3, 0.4) is 0 Å². The molecule has 3 aromatic heterocycles. The van der Waals surface area contributed by atoms with Crippen LogP contribution in [0, 0.1) is 11.3 Å². The van der Waals surface area contributed by atoms with Crippen molar-refractivity contribution < 1.29 is 26.7 Å². The van der Waals surface area contributed by atoms with Crippen LogP contribution in [-0.4, -0.2) is 107 Å². The Kier molecular flexibility index (Phi) is 9.71. The van der Waals surface area contributed by atoms with Crippen molar-refractivity contribution in [3.8, 4) is 11.8 Å². The van der Waals surface area contributed by atoms with Gasteiger partial charge in [0.1, 0.15) is 28.2 Å². The second kappa shape index (κ2) is 13.6. The molecule has 5 heterocycles. The molecule has 5 N–H and O–H groups in total. The third kappa shape index (κ3) is 7.61. The molecule has 0 atom stereocenters. The highest BCUT2D eigenvalue weighted by Gasteiger charge is 2.30. The van der Waals surface area contributed by atoms with Gasteiger partial charge in [0.05, 0.1) is 17.3 Å². The van der Waals surface area contributed by atoms with Crippen molar-refractivity contribution in [3.63, 3.8) is 0 Å². The smallest absolute Gasteiger partial charge is 0.393 e. The number of phenols is 1. The fourth-order valence-electron chi connectivity index (χ4n) is 6.42. The predicted octanol–water partition coefficient (Wildman–Crippen LogP) is 3.07. The number of anilines is 2. The highest BCUT2D eigenvalue weighted by Crippen LogP contribution is 2.35. The van der Waals surface area contributed by atoms with E-state index in [-0.39, 0.29) is 22.6 Å². The summed E-state index contributed by atoms with van der Waals surface area (Å²) in [6, 6.07) is 9.22. The second-order valence-corrected chi connectivity index (χ2v) is 15.1. The number of rotatable bonds is 10. The summed E-state index contributed by atoms with van der Waals surface area (Å²) in [6.45, 7) is 5.03. The first-order chi connectivity index (χ1) is 22.8. The van der Waals surface area contributed by atoms with Crippen LogP contribution in [0.15, 0.2) is 24.3 Å². The van der Waals surface area contributed by atoms with Gasteiger partial charge in [0.15, 0.2) is 0 Å². The Hall–Kier alpha value is -3.73. The summed E-state index contributed by atoms with van der Waals surface area (Å²) in [4.78, 5) is 13.4. The van der Waals surface area contributed by atoms with Crippen LogP contribution in [0.4, 0.5) is 24.9 Å². The Morgan fingerprint density at radius 3 is 2.46 bits per heavy atom. The normalized spacial score (nSPS) is 17.7. The van der Waals surface area contributed by atoms with E-state index in [1.165, 1.54) is 17.4 Å². The zero-order valence-electron chi connectivity index (χ0n) is 26.3. The standard InChI is InChI=1S/C30H37F3N10O3S2/c1-36-48(45,46)42-9-6-40(7-10-42)8-11-43-22(17-34)13-19-12-20(26(44)15-25(19)43)18-41-4-2-21(3-5-41)37-27-24-14-23(16-30(31,32)33)47-28(24)39-29(35)38-27/h12-15,21,36,44H,2-11,16,18H2,1H3,(H3,35,37,38,39). The number of piperidine rings is 1. The number of aromatic hydroxyl groups is 1. The van der Waals surface area contributed by atoms with Gasteiger partial charge in [0.2, 0.25) is 5.95 Å². The summed E-state index contributed by atoms with van der Waals surface area (Å²) in [5, 5.41) is 25.6. The zero-order chi connectivity index (χ0) is 34.2. The molecular formula is C30H37F3N10O3S2. The van der Waals surface area contributed by atoms with Gasteiger partial charge in [-0.1, -0.05) is 0 Å². The molecule has 1 aromatic carbocycles. The molecule has 18 heteroatoms. The van der Waals surface area contributed by atoms with Crippen LogP contribution in [0.25, 0.3) is 21.1 Å². The molecule has 258 valence electrons. The molecule has 0 bridgehead atoms. The van der Waals surface area contributed by atoms with Crippen LogP contribution in [0.1, 0.15) is 29.0 Å². The number of likely N-dealkylation sites (tertiary alicyclic amines) is 1. The zero-order valence-corrected chi connectivity index (χ0v) is 27.9. The van der Waals surface area contributed by atoms with E-state index in [0.717, 1.165) is 53.7 Å². The average Bonchev–Trinajstić information content (AvgIpc) is 3.60. The molecule has 0 unspecified atom stereocenters. The largest absolute Gasteiger partial charge is 0.508 e. The third-order valence-corrected chi connectivity index (χ3v) is 11.5. The first-order valence-corrected chi connectivity index (χ1v) is 17.9. The number of fused-ring (bicyclic) bond motifs is 2. The molecule has 0 aliphatic carbocycles. The highest BCUT2D eigenvalue weighted by atomic mass is 32.2. The summed E-state index contributed by atoms with van der Waals surface area (Å²) in [5.74, 6) is 0.580. The fourth-order valence-corrected chi connectivity index (χ4v) is 8.39. The van der Waals surface area contributed by atoms with Gasteiger partial charge in [-0.25, -0.2) is 9.71 Å². The van der Waals surface area contributed by atoms with E-state index in [9.17, 15) is 32.0 Å². The fraction of sp³-hybridized carbons (Fsp3) is 0.500. The van der Waals surface area contributed by atoms with Gasteiger partial charge in [0.25, 0.3) is 10.2 Å². The summed E-state index contributed by atoms with van der Waals surface area (Å²) in [5.41, 5.74) is 7.86. The lowest BCUT2D eigenvalue weighted by molar-refractivity contribution is -0.126. The van der Waals surface area contributed by atoms with Gasteiger partial charge in [0, 0.05) is 93.9 Å². The molecule has 2 aliphatic rings. The molecule has 6 rings (SSSR count). The number of halogens is 3. The minimum atomic E-state index is -4.32. The molecule has 4 aromatic rings. The Labute approximate surface area is 279 Å². The van der Waals surface area contributed by atoms with Gasteiger partial charge in [-0.15, -0.1) is 11.3 Å². The number of nitrogens with zero attached hydrogens (tertiary/aromatic N) is 7. The summed E-state index contributed by atoms with van der Waals surface area (Å²) < 4.78 is 68.7. The van der Waals surface area contributed by atoms with Crippen LogP contribution in [0.5, 0.6) is 5.75 Å². The quantitative estimate of drug-likeness (QED) is 0.192.